The van der Waals surface area contributed by atoms with Crippen molar-refractivity contribution >= 4 is 35.6 Å². The van der Waals surface area contributed by atoms with Gasteiger partial charge in [0.05, 0.1) is 14.2 Å². The van der Waals surface area contributed by atoms with Gasteiger partial charge in [-0.05, 0) is 24.5 Å². The third-order valence-electron chi connectivity index (χ3n) is 3.13. The van der Waals surface area contributed by atoms with Crippen molar-refractivity contribution in [3.63, 3.8) is 0 Å². The Balaban J connectivity index is 0.00000441. The van der Waals surface area contributed by atoms with Crippen LogP contribution in [0.1, 0.15) is 33.1 Å². The molecule has 0 atom stereocenters. The van der Waals surface area contributed by atoms with Gasteiger partial charge in [-0.2, -0.15) is 0 Å². The van der Waals surface area contributed by atoms with Gasteiger partial charge < -0.3 is 20.5 Å². The first-order chi connectivity index (χ1) is 10.1. The molecule has 0 unspecified atom stereocenters. The summed E-state index contributed by atoms with van der Waals surface area (Å²) in [5.74, 6) is 2.52. The lowest BCUT2D eigenvalue weighted by molar-refractivity contribution is 0.355. The second-order valence-electron chi connectivity index (χ2n) is 5.35. The summed E-state index contributed by atoms with van der Waals surface area (Å²) in [5.41, 5.74) is 6.71. The number of guanidine groups is 1. The molecule has 3 N–H and O–H groups in total. The van der Waals surface area contributed by atoms with Crippen molar-refractivity contribution in [2.45, 2.75) is 33.1 Å². The molecule has 1 aromatic carbocycles. The Kier molecular flexibility index (Phi) is 10.8. The fourth-order valence-electron chi connectivity index (χ4n) is 1.97. The third-order valence-corrected chi connectivity index (χ3v) is 3.13. The van der Waals surface area contributed by atoms with Crippen LogP contribution in [0, 0.1) is 5.92 Å². The van der Waals surface area contributed by atoms with Gasteiger partial charge in [-0.15, -0.1) is 24.0 Å². The quantitative estimate of drug-likeness (QED) is 0.289. The van der Waals surface area contributed by atoms with E-state index in [1.165, 1.54) is 12.8 Å². The van der Waals surface area contributed by atoms with Gasteiger partial charge in [0.15, 0.2) is 17.5 Å². The lowest BCUT2D eigenvalue weighted by Gasteiger charge is -2.11. The normalized spacial score (nSPS) is 11.0. The lowest BCUT2D eigenvalue weighted by atomic mass is 10.1. The van der Waals surface area contributed by atoms with Crippen molar-refractivity contribution in [2.75, 3.05) is 26.1 Å². The fraction of sp³-hybridized carbons (Fsp3) is 0.562. The highest BCUT2D eigenvalue weighted by molar-refractivity contribution is 14.0. The molecule has 6 heteroatoms. The van der Waals surface area contributed by atoms with Gasteiger partial charge in [-0.25, -0.2) is 0 Å². The van der Waals surface area contributed by atoms with Crippen molar-refractivity contribution in [1.29, 1.82) is 0 Å². The third kappa shape index (κ3) is 7.72. The molecular formula is C16H28IN3O2. The minimum absolute atomic E-state index is 0. The van der Waals surface area contributed by atoms with E-state index in [0.29, 0.717) is 17.5 Å². The van der Waals surface area contributed by atoms with Gasteiger partial charge in [0.1, 0.15) is 0 Å². The topological polar surface area (TPSA) is 68.9 Å². The van der Waals surface area contributed by atoms with Gasteiger partial charge in [0, 0.05) is 18.3 Å². The molecule has 0 fully saturated rings. The molecule has 0 spiro atoms. The Morgan fingerprint density at radius 3 is 2.45 bits per heavy atom. The molecular weight excluding hydrogens is 393 g/mol. The van der Waals surface area contributed by atoms with Crippen molar-refractivity contribution in [2.24, 2.45) is 16.6 Å². The summed E-state index contributed by atoms with van der Waals surface area (Å²) in [7, 11) is 3.21. The highest BCUT2D eigenvalue weighted by atomic mass is 127. The second kappa shape index (κ2) is 11.4. The molecule has 0 amide bonds. The number of ether oxygens (including phenoxy) is 2. The van der Waals surface area contributed by atoms with Crippen molar-refractivity contribution in [3.8, 4) is 11.5 Å². The standard InChI is InChI=1S/C16H27N3O2.HI/c1-12(2)7-5-6-10-18-16(17)19-13-8-9-14(20-3)15(11-13)21-4;/h8-9,11-12H,5-7,10H2,1-4H3,(H3,17,18,19);1H. The zero-order valence-electron chi connectivity index (χ0n) is 13.9. The Hall–Kier alpha value is -1.18. The molecule has 1 aromatic rings. The van der Waals surface area contributed by atoms with Gasteiger partial charge in [0.25, 0.3) is 0 Å². The monoisotopic (exact) mass is 421 g/mol. The van der Waals surface area contributed by atoms with E-state index in [1.807, 2.05) is 18.2 Å². The molecule has 0 saturated carbocycles. The van der Waals surface area contributed by atoms with E-state index in [1.54, 1.807) is 14.2 Å². The summed E-state index contributed by atoms with van der Waals surface area (Å²) in [6.07, 6.45) is 3.48. The van der Waals surface area contributed by atoms with Crippen LogP contribution in [0.4, 0.5) is 5.69 Å². The van der Waals surface area contributed by atoms with Gasteiger partial charge in [0.2, 0.25) is 0 Å². The van der Waals surface area contributed by atoms with Crippen LogP contribution in [0.3, 0.4) is 0 Å². The number of hydrogen-bond donors (Lipinski definition) is 2. The molecule has 0 heterocycles. The highest BCUT2D eigenvalue weighted by Gasteiger charge is 2.04. The van der Waals surface area contributed by atoms with Gasteiger partial charge >= 0.3 is 0 Å². The van der Waals surface area contributed by atoms with Gasteiger partial charge in [-0.1, -0.05) is 26.7 Å². The van der Waals surface area contributed by atoms with Gasteiger partial charge in [-0.3, -0.25) is 4.99 Å². The number of nitrogens with one attached hydrogen (secondary N) is 1. The van der Waals surface area contributed by atoms with Crippen LogP contribution in [0.2, 0.25) is 0 Å². The fourth-order valence-corrected chi connectivity index (χ4v) is 1.97. The van der Waals surface area contributed by atoms with E-state index in [0.717, 1.165) is 24.6 Å². The average molecular weight is 421 g/mol. The number of halogens is 1. The molecule has 0 aromatic heterocycles. The van der Waals surface area contributed by atoms with E-state index in [-0.39, 0.29) is 24.0 Å². The summed E-state index contributed by atoms with van der Waals surface area (Å²) in [6.45, 7) is 5.21. The minimum atomic E-state index is 0. The maximum Gasteiger partial charge on any atom is 0.193 e. The number of anilines is 1. The first-order valence-corrected chi connectivity index (χ1v) is 7.35. The van der Waals surface area contributed by atoms with Crippen molar-refractivity contribution in [3.05, 3.63) is 18.2 Å². The van der Waals surface area contributed by atoms with E-state index in [4.69, 9.17) is 15.2 Å². The summed E-state index contributed by atoms with van der Waals surface area (Å²) in [4.78, 5) is 4.33. The van der Waals surface area contributed by atoms with E-state index < -0.39 is 0 Å². The SMILES string of the molecule is COc1ccc(NC(N)=NCCCCC(C)C)cc1OC.I. The van der Waals surface area contributed by atoms with Crippen LogP contribution in [0.25, 0.3) is 0 Å². The van der Waals surface area contributed by atoms with E-state index >= 15 is 0 Å². The number of nitrogens with two attached hydrogens (primary N) is 1. The summed E-state index contributed by atoms with van der Waals surface area (Å²) in [5, 5.41) is 3.06. The molecule has 0 aliphatic heterocycles. The number of hydrogen-bond acceptors (Lipinski definition) is 3. The summed E-state index contributed by atoms with van der Waals surface area (Å²) < 4.78 is 10.4. The number of benzene rings is 1. The molecule has 0 aliphatic carbocycles. The Labute approximate surface area is 150 Å². The Morgan fingerprint density at radius 2 is 1.86 bits per heavy atom. The zero-order chi connectivity index (χ0) is 15.7. The number of rotatable bonds is 8. The number of methoxy groups -OCH3 is 2. The van der Waals surface area contributed by atoms with Crippen LogP contribution >= 0.6 is 24.0 Å². The van der Waals surface area contributed by atoms with Crippen LogP contribution in [0.5, 0.6) is 11.5 Å². The molecule has 0 aliphatic rings. The van der Waals surface area contributed by atoms with Crippen molar-refractivity contribution < 1.29 is 9.47 Å². The molecule has 126 valence electrons. The van der Waals surface area contributed by atoms with E-state index in [2.05, 4.69) is 24.2 Å². The maximum atomic E-state index is 5.88. The number of nitrogens with zero attached hydrogens (tertiary/aromatic N) is 1. The minimum Gasteiger partial charge on any atom is -0.493 e. The zero-order valence-corrected chi connectivity index (χ0v) is 16.2. The lowest BCUT2D eigenvalue weighted by Crippen LogP contribution is -2.22. The number of aliphatic imine (C=N–C) groups is 1. The first kappa shape index (κ1) is 20.8. The average Bonchev–Trinajstić information content (AvgIpc) is 2.46. The molecule has 0 radical (unpaired) electrons. The molecule has 0 bridgehead atoms. The van der Waals surface area contributed by atoms with Crippen LogP contribution in [-0.2, 0) is 0 Å². The molecule has 0 saturated heterocycles. The molecule has 1 rings (SSSR count). The Morgan fingerprint density at radius 1 is 1.18 bits per heavy atom. The summed E-state index contributed by atoms with van der Waals surface area (Å²) >= 11 is 0. The predicted molar refractivity (Wildman–Crippen MR) is 104 cm³/mol. The van der Waals surface area contributed by atoms with E-state index in [9.17, 15) is 0 Å². The smallest absolute Gasteiger partial charge is 0.193 e. The van der Waals surface area contributed by atoms with Crippen molar-refractivity contribution in [1.82, 2.24) is 0 Å². The van der Waals surface area contributed by atoms with Crippen LogP contribution in [-0.4, -0.2) is 26.7 Å². The molecule has 5 nitrogen and oxygen atoms in total. The largest absolute Gasteiger partial charge is 0.493 e. The summed E-state index contributed by atoms with van der Waals surface area (Å²) in [6, 6.07) is 5.54. The van der Waals surface area contributed by atoms with Crippen LogP contribution in [0.15, 0.2) is 23.2 Å². The first-order valence-electron chi connectivity index (χ1n) is 7.35. The second-order valence-corrected chi connectivity index (χ2v) is 5.35. The molecule has 22 heavy (non-hydrogen) atoms. The predicted octanol–water partition coefficient (Wildman–Crippen LogP) is 3.87. The Bertz CT molecular complexity index is 465. The van der Waals surface area contributed by atoms with Crippen LogP contribution < -0.4 is 20.5 Å². The highest BCUT2D eigenvalue weighted by Crippen LogP contribution is 2.29. The number of unbranched alkanes of at least 4 members (excludes halogenated alkanes) is 1. The maximum absolute atomic E-state index is 5.88.